The molecule has 0 radical (unpaired) electrons. The lowest BCUT2D eigenvalue weighted by Gasteiger charge is -2.37. The number of anilines is 3. The fourth-order valence-electron chi connectivity index (χ4n) is 4.71. The molecule has 0 unspecified atom stereocenters. The molecule has 2 aliphatic rings. The van der Waals surface area contributed by atoms with Crippen molar-refractivity contribution in [2.45, 2.75) is 13.3 Å². The molecule has 0 aliphatic carbocycles. The van der Waals surface area contributed by atoms with Gasteiger partial charge >= 0.3 is 0 Å². The highest BCUT2D eigenvalue weighted by Gasteiger charge is 2.23. The normalized spacial score (nSPS) is 15.7. The van der Waals surface area contributed by atoms with Crippen molar-refractivity contribution in [1.82, 2.24) is 19.9 Å². The molecule has 0 saturated carbocycles. The molecule has 2 fully saturated rings. The van der Waals surface area contributed by atoms with E-state index in [4.69, 9.17) is 9.72 Å². The molecule has 10 nitrogen and oxygen atoms in total. The van der Waals surface area contributed by atoms with Gasteiger partial charge in [-0.1, -0.05) is 18.7 Å². The fourth-order valence-corrected chi connectivity index (χ4v) is 4.71. The maximum Gasteiger partial charge on any atom is 0.247 e. The van der Waals surface area contributed by atoms with E-state index in [9.17, 15) is 9.59 Å². The van der Waals surface area contributed by atoms with E-state index in [-0.39, 0.29) is 11.8 Å². The molecule has 0 atom stereocenters. The van der Waals surface area contributed by atoms with E-state index >= 15 is 0 Å². The Balaban J connectivity index is 1.26. The predicted octanol–water partition coefficient (Wildman–Crippen LogP) is 2.70. The zero-order valence-electron chi connectivity index (χ0n) is 22.2. The number of hydrogen-bond donors (Lipinski definition) is 1. The minimum absolute atomic E-state index is 0.0961. The first-order valence-electron chi connectivity index (χ1n) is 13.2. The smallest absolute Gasteiger partial charge is 0.247 e. The van der Waals surface area contributed by atoms with Crippen molar-refractivity contribution in [1.29, 1.82) is 0 Å². The topological polar surface area (TPSA) is 104 Å². The van der Waals surface area contributed by atoms with Crippen LogP contribution in [0.4, 0.5) is 17.2 Å². The highest BCUT2D eigenvalue weighted by atomic mass is 16.5. The van der Waals surface area contributed by atoms with E-state index in [1.165, 1.54) is 6.08 Å². The van der Waals surface area contributed by atoms with Crippen LogP contribution in [0.25, 0.3) is 11.3 Å². The van der Waals surface area contributed by atoms with Gasteiger partial charge in [0.05, 0.1) is 25.3 Å². The van der Waals surface area contributed by atoms with Gasteiger partial charge in [-0.05, 0) is 36.8 Å². The van der Waals surface area contributed by atoms with Crippen LogP contribution < -0.4 is 15.1 Å². The predicted molar refractivity (Wildman–Crippen MR) is 151 cm³/mol. The Morgan fingerprint density at radius 3 is 2.33 bits per heavy atom. The van der Waals surface area contributed by atoms with E-state index in [1.54, 1.807) is 12.1 Å². The van der Waals surface area contributed by atoms with Crippen LogP contribution in [0.2, 0.25) is 0 Å². The second-order valence-corrected chi connectivity index (χ2v) is 9.62. The number of hydrogen-bond acceptors (Lipinski definition) is 8. The quantitative estimate of drug-likeness (QED) is 0.468. The zero-order chi connectivity index (χ0) is 27.2. The number of morpholine rings is 1. The van der Waals surface area contributed by atoms with Crippen molar-refractivity contribution < 1.29 is 14.3 Å². The number of rotatable bonds is 7. The van der Waals surface area contributed by atoms with Gasteiger partial charge in [0.1, 0.15) is 11.6 Å². The molecule has 4 heterocycles. The van der Waals surface area contributed by atoms with Crippen LogP contribution in [-0.2, 0) is 20.7 Å². The summed E-state index contributed by atoms with van der Waals surface area (Å²) in [6.45, 7) is 11.0. The molecule has 0 spiro atoms. The first-order valence-corrected chi connectivity index (χ1v) is 13.2. The molecule has 2 aliphatic heterocycles. The van der Waals surface area contributed by atoms with Crippen LogP contribution in [0.5, 0.6) is 0 Å². The van der Waals surface area contributed by atoms with Crippen LogP contribution in [-0.4, -0.2) is 84.1 Å². The average molecular weight is 528 g/mol. The lowest BCUT2D eigenvalue weighted by Crippen LogP contribution is -2.49. The molecule has 2 aromatic heterocycles. The number of aryl methyl sites for hydroxylation is 1. The number of amides is 2. The number of pyridine rings is 1. The van der Waals surface area contributed by atoms with Gasteiger partial charge in [-0.25, -0.2) is 15.0 Å². The Morgan fingerprint density at radius 1 is 0.974 bits per heavy atom. The summed E-state index contributed by atoms with van der Waals surface area (Å²) in [5, 5.41) is 2.72. The van der Waals surface area contributed by atoms with E-state index < -0.39 is 0 Å². The van der Waals surface area contributed by atoms with E-state index in [1.807, 2.05) is 36.4 Å². The van der Waals surface area contributed by atoms with E-state index in [0.29, 0.717) is 38.4 Å². The summed E-state index contributed by atoms with van der Waals surface area (Å²) >= 11 is 0. The van der Waals surface area contributed by atoms with Gasteiger partial charge in [-0.2, -0.15) is 0 Å². The van der Waals surface area contributed by atoms with Gasteiger partial charge in [-0.15, -0.1) is 0 Å². The molecule has 0 bridgehead atoms. The third kappa shape index (κ3) is 6.58. The minimum atomic E-state index is -0.262. The van der Waals surface area contributed by atoms with Gasteiger partial charge in [0, 0.05) is 74.7 Å². The summed E-state index contributed by atoms with van der Waals surface area (Å²) in [4.78, 5) is 44.6. The summed E-state index contributed by atoms with van der Waals surface area (Å²) in [6.07, 6.45) is 5.18. The summed E-state index contributed by atoms with van der Waals surface area (Å²) in [7, 11) is 0. The largest absolute Gasteiger partial charge is 0.378 e. The number of benzene rings is 1. The summed E-state index contributed by atoms with van der Waals surface area (Å²) in [5.74, 6) is 1.47. The molecular formula is C29H33N7O3. The molecule has 1 aromatic carbocycles. The number of carbonyl (C=O) groups excluding carboxylic acids is 2. The van der Waals surface area contributed by atoms with Crippen molar-refractivity contribution in [3.05, 3.63) is 72.8 Å². The lowest BCUT2D eigenvalue weighted by atomic mass is 10.1. The molecular weight excluding hydrogens is 494 g/mol. The standard InChI is InChI=1S/C29H33N7O3/c1-3-28(37)32-24-6-4-22(5-7-24)16-29(38)36-10-8-34(9-11-36)25-17-26(23-19-30-21(2)31-20-23)33-27(18-25)35-12-14-39-15-13-35/h3-7,17-20H,1,8-16H2,2H3,(H,32,37). The molecule has 3 aromatic rings. The van der Waals surface area contributed by atoms with Gasteiger partial charge in [0.15, 0.2) is 0 Å². The Morgan fingerprint density at radius 2 is 1.67 bits per heavy atom. The number of nitrogens with zero attached hydrogens (tertiary/aromatic N) is 6. The van der Waals surface area contributed by atoms with E-state index in [0.717, 1.165) is 60.3 Å². The van der Waals surface area contributed by atoms with Crippen LogP contribution in [0.3, 0.4) is 0 Å². The Hall–Kier alpha value is -4.31. The highest BCUT2D eigenvalue weighted by molar-refractivity contribution is 5.98. The fraction of sp³-hybridized carbons (Fsp3) is 0.345. The Labute approximate surface area is 228 Å². The lowest BCUT2D eigenvalue weighted by molar-refractivity contribution is -0.130. The molecule has 5 rings (SSSR count). The van der Waals surface area contributed by atoms with Crippen LogP contribution >= 0.6 is 0 Å². The summed E-state index contributed by atoms with van der Waals surface area (Å²) in [6, 6.07) is 11.6. The monoisotopic (exact) mass is 527 g/mol. The molecule has 202 valence electrons. The average Bonchev–Trinajstić information content (AvgIpc) is 2.98. The third-order valence-corrected chi connectivity index (χ3v) is 6.97. The zero-order valence-corrected chi connectivity index (χ0v) is 22.2. The van der Waals surface area contributed by atoms with Crippen LogP contribution in [0.1, 0.15) is 11.4 Å². The van der Waals surface area contributed by atoms with E-state index in [2.05, 4.69) is 43.8 Å². The summed E-state index contributed by atoms with van der Waals surface area (Å²) in [5.41, 5.74) is 4.37. The number of aromatic nitrogens is 3. The molecule has 1 N–H and O–H groups in total. The van der Waals surface area contributed by atoms with Crippen LogP contribution in [0, 0.1) is 6.92 Å². The number of piperazine rings is 1. The third-order valence-electron chi connectivity index (χ3n) is 6.97. The SMILES string of the molecule is C=CC(=O)Nc1ccc(CC(=O)N2CCN(c3cc(-c4cnc(C)nc4)nc(N4CCOCC4)c3)CC2)cc1. The number of carbonyl (C=O) groups is 2. The van der Waals surface area contributed by atoms with Crippen molar-refractivity contribution in [3.8, 4) is 11.3 Å². The second kappa shape index (κ2) is 12.0. The first-order chi connectivity index (χ1) is 19.0. The minimum Gasteiger partial charge on any atom is -0.378 e. The maximum absolute atomic E-state index is 13.0. The van der Waals surface area contributed by atoms with Crippen LogP contribution in [0.15, 0.2) is 61.4 Å². The van der Waals surface area contributed by atoms with Crippen molar-refractivity contribution in [2.75, 3.05) is 67.6 Å². The van der Waals surface area contributed by atoms with Crippen molar-refractivity contribution >= 4 is 29.0 Å². The Kier molecular flexibility index (Phi) is 8.12. The molecule has 2 amide bonds. The van der Waals surface area contributed by atoms with Crippen molar-refractivity contribution in [2.24, 2.45) is 0 Å². The number of ether oxygens (including phenoxy) is 1. The van der Waals surface area contributed by atoms with Gasteiger partial charge < -0.3 is 24.8 Å². The summed E-state index contributed by atoms with van der Waals surface area (Å²) < 4.78 is 5.54. The van der Waals surface area contributed by atoms with Gasteiger partial charge in [0.25, 0.3) is 0 Å². The van der Waals surface area contributed by atoms with Crippen molar-refractivity contribution in [3.63, 3.8) is 0 Å². The Bertz CT molecular complexity index is 1310. The van der Waals surface area contributed by atoms with Gasteiger partial charge in [-0.3, -0.25) is 9.59 Å². The maximum atomic E-state index is 13.0. The molecule has 39 heavy (non-hydrogen) atoms. The highest BCUT2D eigenvalue weighted by Crippen LogP contribution is 2.29. The molecule has 10 heteroatoms. The number of nitrogens with one attached hydrogen (secondary N) is 1. The van der Waals surface area contributed by atoms with Gasteiger partial charge in [0.2, 0.25) is 11.8 Å². The molecule has 2 saturated heterocycles. The second-order valence-electron chi connectivity index (χ2n) is 9.62. The first kappa shape index (κ1) is 26.3.